The predicted molar refractivity (Wildman–Crippen MR) is 71.0 cm³/mol. The highest BCUT2D eigenvalue weighted by Gasteiger charge is 2.10. The van der Waals surface area contributed by atoms with Gasteiger partial charge in [0.15, 0.2) is 11.6 Å². The number of para-hydroxylation sites is 1. The van der Waals surface area contributed by atoms with Crippen LogP contribution in [0.1, 0.15) is 5.56 Å². The van der Waals surface area contributed by atoms with Gasteiger partial charge in [-0.2, -0.15) is 4.98 Å². The Hall–Kier alpha value is -1.88. The molecule has 0 fully saturated rings. The Labute approximate surface area is 109 Å². The van der Waals surface area contributed by atoms with Gasteiger partial charge >= 0.3 is 0 Å². The Bertz CT molecular complexity index is 554. The molecule has 2 rings (SSSR count). The Morgan fingerprint density at radius 1 is 1.33 bits per heavy atom. The number of rotatable bonds is 3. The Morgan fingerprint density at radius 2 is 2.11 bits per heavy atom. The lowest BCUT2D eigenvalue weighted by atomic mass is 10.2. The molecule has 0 saturated heterocycles. The van der Waals surface area contributed by atoms with E-state index in [0.717, 1.165) is 11.8 Å². The van der Waals surface area contributed by atoms with E-state index >= 15 is 0 Å². The first kappa shape index (κ1) is 12.6. The second-order valence-corrected chi connectivity index (χ2v) is 4.10. The van der Waals surface area contributed by atoms with Crippen molar-refractivity contribution in [2.45, 2.75) is 6.92 Å². The molecule has 0 saturated carbocycles. The molecule has 1 aromatic carbocycles. The van der Waals surface area contributed by atoms with Crippen LogP contribution in [0, 0.1) is 12.7 Å². The highest BCUT2D eigenvalue weighted by molar-refractivity contribution is 6.33. The smallest absolute Gasteiger partial charge is 0.224 e. The topological polar surface area (TPSA) is 49.8 Å². The summed E-state index contributed by atoms with van der Waals surface area (Å²) in [5.41, 5.74) is 1.55. The third-order valence-corrected chi connectivity index (χ3v) is 2.75. The Kier molecular flexibility index (Phi) is 3.62. The summed E-state index contributed by atoms with van der Waals surface area (Å²) in [5, 5.41) is 6.15. The standard InChI is InChI=1S/C12H12ClFN4/c1-7-4-3-5-8(13)10(7)17-11-9(14)6-16-12(15-2)18-11/h3-6H,1-2H3,(H2,15,16,17,18). The second kappa shape index (κ2) is 5.18. The zero-order valence-electron chi connectivity index (χ0n) is 9.96. The molecule has 2 N–H and O–H groups in total. The van der Waals surface area contributed by atoms with E-state index in [2.05, 4.69) is 20.6 Å². The molecule has 0 aliphatic carbocycles. The minimum Gasteiger partial charge on any atom is -0.357 e. The summed E-state index contributed by atoms with van der Waals surface area (Å²) in [6.07, 6.45) is 1.10. The first-order chi connectivity index (χ1) is 8.61. The maximum Gasteiger partial charge on any atom is 0.224 e. The number of halogens is 2. The molecule has 1 aromatic heterocycles. The average Bonchev–Trinajstić information content (AvgIpc) is 2.36. The summed E-state index contributed by atoms with van der Waals surface area (Å²) < 4.78 is 13.6. The van der Waals surface area contributed by atoms with Crippen molar-refractivity contribution < 1.29 is 4.39 Å². The Balaban J connectivity index is 2.39. The summed E-state index contributed by atoms with van der Waals surface area (Å²) in [6, 6.07) is 5.44. The van der Waals surface area contributed by atoms with Crippen molar-refractivity contribution in [1.29, 1.82) is 0 Å². The summed E-state index contributed by atoms with van der Waals surface area (Å²) in [4.78, 5) is 7.77. The van der Waals surface area contributed by atoms with Crippen LogP contribution in [0.5, 0.6) is 0 Å². The van der Waals surface area contributed by atoms with Gasteiger partial charge in [0.05, 0.1) is 16.9 Å². The van der Waals surface area contributed by atoms with Gasteiger partial charge in [-0.15, -0.1) is 0 Å². The van der Waals surface area contributed by atoms with Gasteiger partial charge in [-0.25, -0.2) is 9.37 Å². The molecule has 2 aromatic rings. The van der Waals surface area contributed by atoms with Crippen LogP contribution in [0.2, 0.25) is 5.02 Å². The molecule has 4 nitrogen and oxygen atoms in total. The second-order valence-electron chi connectivity index (χ2n) is 3.70. The van der Waals surface area contributed by atoms with E-state index in [1.807, 2.05) is 19.1 Å². The molecule has 1 heterocycles. The molecule has 0 radical (unpaired) electrons. The monoisotopic (exact) mass is 266 g/mol. The van der Waals surface area contributed by atoms with Crippen LogP contribution >= 0.6 is 11.6 Å². The molecule has 18 heavy (non-hydrogen) atoms. The van der Waals surface area contributed by atoms with E-state index in [9.17, 15) is 4.39 Å². The van der Waals surface area contributed by atoms with E-state index in [4.69, 9.17) is 11.6 Å². The number of anilines is 3. The maximum atomic E-state index is 13.6. The average molecular weight is 267 g/mol. The lowest BCUT2D eigenvalue weighted by Gasteiger charge is -2.11. The molecular weight excluding hydrogens is 255 g/mol. The molecule has 6 heteroatoms. The normalized spacial score (nSPS) is 10.2. The molecule has 0 unspecified atom stereocenters. The minimum atomic E-state index is -0.534. The van der Waals surface area contributed by atoms with Crippen molar-refractivity contribution >= 4 is 29.1 Å². The van der Waals surface area contributed by atoms with Crippen molar-refractivity contribution in [2.24, 2.45) is 0 Å². The van der Waals surface area contributed by atoms with Gasteiger partial charge in [0, 0.05) is 7.05 Å². The third kappa shape index (κ3) is 2.51. The van der Waals surface area contributed by atoms with Gasteiger partial charge in [-0.1, -0.05) is 23.7 Å². The minimum absolute atomic E-state index is 0.0885. The lowest BCUT2D eigenvalue weighted by Crippen LogP contribution is -2.04. The largest absolute Gasteiger partial charge is 0.357 e. The fourth-order valence-corrected chi connectivity index (χ4v) is 1.75. The van der Waals surface area contributed by atoms with Gasteiger partial charge in [-0.05, 0) is 18.6 Å². The van der Waals surface area contributed by atoms with E-state index < -0.39 is 5.82 Å². The summed E-state index contributed by atoms with van der Waals surface area (Å²) in [7, 11) is 1.66. The summed E-state index contributed by atoms with van der Waals surface area (Å²) in [6.45, 7) is 1.88. The fraction of sp³-hybridized carbons (Fsp3) is 0.167. The number of nitrogens with one attached hydrogen (secondary N) is 2. The van der Waals surface area contributed by atoms with Crippen LogP contribution in [0.3, 0.4) is 0 Å². The van der Waals surface area contributed by atoms with E-state index in [1.54, 1.807) is 13.1 Å². The van der Waals surface area contributed by atoms with Crippen molar-refractivity contribution in [3.8, 4) is 0 Å². The zero-order valence-corrected chi connectivity index (χ0v) is 10.7. The SMILES string of the molecule is CNc1ncc(F)c(Nc2c(C)cccc2Cl)n1. The van der Waals surface area contributed by atoms with Gasteiger partial charge < -0.3 is 10.6 Å². The molecule has 0 atom stereocenters. The summed E-state index contributed by atoms with van der Waals surface area (Å²) in [5.74, 6) is -0.109. The van der Waals surface area contributed by atoms with Crippen LogP contribution in [0.25, 0.3) is 0 Å². The van der Waals surface area contributed by atoms with Gasteiger partial charge in [0.2, 0.25) is 5.95 Å². The van der Waals surface area contributed by atoms with Crippen molar-refractivity contribution in [2.75, 3.05) is 17.7 Å². The van der Waals surface area contributed by atoms with Crippen molar-refractivity contribution in [3.05, 3.63) is 40.8 Å². The predicted octanol–water partition coefficient (Wildman–Crippen LogP) is 3.36. The number of aromatic nitrogens is 2. The van der Waals surface area contributed by atoms with Crippen LogP contribution in [0.4, 0.5) is 21.8 Å². The number of aryl methyl sites for hydroxylation is 1. The molecule has 0 aliphatic rings. The molecular formula is C12H12ClFN4. The highest BCUT2D eigenvalue weighted by Crippen LogP contribution is 2.28. The first-order valence-corrected chi connectivity index (χ1v) is 5.72. The first-order valence-electron chi connectivity index (χ1n) is 5.34. The van der Waals surface area contributed by atoms with Gasteiger partial charge in [0.25, 0.3) is 0 Å². The molecule has 94 valence electrons. The molecule has 0 amide bonds. The maximum absolute atomic E-state index is 13.6. The number of hydrogen-bond acceptors (Lipinski definition) is 4. The van der Waals surface area contributed by atoms with E-state index in [1.165, 1.54) is 0 Å². The number of benzene rings is 1. The van der Waals surface area contributed by atoms with Crippen LogP contribution in [-0.2, 0) is 0 Å². The molecule has 0 spiro atoms. The van der Waals surface area contributed by atoms with Crippen LogP contribution in [-0.4, -0.2) is 17.0 Å². The third-order valence-electron chi connectivity index (χ3n) is 2.43. The summed E-state index contributed by atoms with van der Waals surface area (Å²) >= 11 is 6.06. The van der Waals surface area contributed by atoms with E-state index in [0.29, 0.717) is 16.7 Å². The van der Waals surface area contributed by atoms with Gasteiger partial charge in [-0.3, -0.25) is 0 Å². The van der Waals surface area contributed by atoms with Crippen LogP contribution < -0.4 is 10.6 Å². The quantitative estimate of drug-likeness (QED) is 0.894. The number of hydrogen-bond donors (Lipinski definition) is 2. The van der Waals surface area contributed by atoms with Crippen molar-refractivity contribution in [1.82, 2.24) is 9.97 Å². The Morgan fingerprint density at radius 3 is 2.78 bits per heavy atom. The molecule has 0 aliphatic heterocycles. The lowest BCUT2D eigenvalue weighted by molar-refractivity contribution is 0.619. The van der Waals surface area contributed by atoms with E-state index in [-0.39, 0.29) is 5.82 Å². The highest BCUT2D eigenvalue weighted by atomic mass is 35.5. The van der Waals surface area contributed by atoms with Crippen molar-refractivity contribution in [3.63, 3.8) is 0 Å². The van der Waals surface area contributed by atoms with Gasteiger partial charge in [0.1, 0.15) is 0 Å². The van der Waals surface area contributed by atoms with Crippen LogP contribution in [0.15, 0.2) is 24.4 Å². The number of nitrogens with zero attached hydrogens (tertiary/aromatic N) is 2. The molecule has 0 bridgehead atoms. The fourth-order valence-electron chi connectivity index (χ4n) is 1.48. The zero-order chi connectivity index (χ0) is 13.1.